The predicted molar refractivity (Wildman–Crippen MR) is 46.7 cm³/mol. The Labute approximate surface area is 69.3 Å². The minimum absolute atomic E-state index is 0.610. The number of hydrogen-bond donors (Lipinski definition) is 1. The van der Waals surface area contributed by atoms with Crippen LogP contribution in [0, 0.1) is 0 Å². The van der Waals surface area contributed by atoms with Crippen molar-refractivity contribution in [2.24, 2.45) is 0 Å². The molecule has 0 aromatic heterocycles. The first-order valence-electron chi connectivity index (χ1n) is 4.66. The van der Waals surface area contributed by atoms with E-state index >= 15 is 0 Å². The molecule has 1 fully saturated rings. The number of piperidine rings is 1. The smallest absolute Gasteiger partial charge is 0.0619 e. The Balaban J connectivity index is 2.12. The van der Waals surface area contributed by atoms with Crippen LogP contribution in [0.15, 0.2) is 0 Å². The largest absolute Gasteiger partial charge is 0.380 e. The van der Waals surface area contributed by atoms with E-state index in [-0.39, 0.29) is 0 Å². The second-order valence-corrected chi connectivity index (χ2v) is 3.36. The van der Waals surface area contributed by atoms with E-state index in [4.69, 9.17) is 4.74 Å². The summed E-state index contributed by atoms with van der Waals surface area (Å²) in [5.41, 5.74) is 0. The molecule has 2 heteroatoms. The van der Waals surface area contributed by atoms with Crippen LogP contribution < -0.4 is 5.32 Å². The van der Waals surface area contributed by atoms with E-state index < -0.39 is 0 Å². The molecule has 1 N–H and O–H groups in total. The Bertz CT molecular complexity index is 106. The molecule has 0 radical (unpaired) electrons. The van der Waals surface area contributed by atoms with Crippen LogP contribution in [0.4, 0.5) is 0 Å². The molecule has 1 aliphatic heterocycles. The van der Waals surface area contributed by atoms with E-state index in [2.05, 4.69) is 12.2 Å². The van der Waals surface area contributed by atoms with Crippen molar-refractivity contribution < 1.29 is 4.74 Å². The zero-order chi connectivity index (χ0) is 8.10. The van der Waals surface area contributed by atoms with Crippen LogP contribution >= 0.6 is 0 Å². The molecule has 1 saturated heterocycles. The lowest BCUT2D eigenvalue weighted by atomic mass is 10.0. The molecule has 2 unspecified atom stereocenters. The Morgan fingerprint density at radius 1 is 1.45 bits per heavy atom. The summed E-state index contributed by atoms with van der Waals surface area (Å²) >= 11 is 0. The van der Waals surface area contributed by atoms with Gasteiger partial charge in [-0.25, -0.2) is 0 Å². The van der Waals surface area contributed by atoms with Crippen molar-refractivity contribution in [2.45, 2.75) is 45.2 Å². The van der Waals surface area contributed by atoms with Crippen LogP contribution in [0.2, 0.25) is 0 Å². The lowest BCUT2D eigenvalue weighted by Gasteiger charge is -2.28. The third kappa shape index (κ3) is 3.21. The highest BCUT2D eigenvalue weighted by Gasteiger charge is 2.16. The van der Waals surface area contributed by atoms with E-state index in [0.717, 1.165) is 13.2 Å². The zero-order valence-corrected chi connectivity index (χ0v) is 7.60. The molecular weight excluding hydrogens is 138 g/mol. The fourth-order valence-electron chi connectivity index (χ4n) is 1.63. The van der Waals surface area contributed by atoms with Gasteiger partial charge in [0.15, 0.2) is 0 Å². The van der Waals surface area contributed by atoms with Crippen molar-refractivity contribution in [3.63, 3.8) is 0 Å². The third-order valence-electron chi connectivity index (χ3n) is 2.23. The lowest BCUT2D eigenvalue weighted by molar-refractivity contribution is 0.107. The maximum Gasteiger partial charge on any atom is 0.0619 e. The summed E-state index contributed by atoms with van der Waals surface area (Å²) in [6.07, 6.45) is 3.96. The summed E-state index contributed by atoms with van der Waals surface area (Å²) in [5.74, 6) is 0. The number of nitrogens with one attached hydrogen (secondary N) is 1. The minimum atomic E-state index is 0.610. The molecule has 0 amide bonds. The van der Waals surface area contributed by atoms with Crippen molar-refractivity contribution >= 4 is 0 Å². The first kappa shape index (κ1) is 9.01. The molecule has 2 atom stereocenters. The van der Waals surface area contributed by atoms with Crippen LogP contribution in [-0.2, 0) is 4.74 Å². The fourth-order valence-corrected chi connectivity index (χ4v) is 1.63. The first-order valence-corrected chi connectivity index (χ1v) is 4.66. The maximum absolute atomic E-state index is 5.36. The van der Waals surface area contributed by atoms with Gasteiger partial charge in [0.2, 0.25) is 0 Å². The van der Waals surface area contributed by atoms with Gasteiger partial charge in [-0.3, -0.25) is 0 Å². The zero-order valence-electron chi connectivity index (χ0n) is 7.60. The normalized spacial score (nSPS) is 32.2. The average molecular weight is 157 g/mol. The molecular formula is C9H19NO. The van der Waals surface area contributed by atoms with Crippen LogP contribution in [0.1, 0.15) is 33.1 Å². The lowest BCUT2D eigenvalue weighted by Crippen LogP contribution is -2.43. The predicted octanol–water partition coefficient (Wildman–Crippen LogP) is 1.55. The van der Waals surface area contributed by atoms with Crippen LogP contribution in [0.5, 0.6) is 0 Å². The monoisotopic (exact) mass is 157 g/mol. The minimum Gasteiger partial charge on any atom is -0.380 e. The highest BCUT2D eigenvalue weighted by atomic mass is 16.5. The van der Waals surface area contributed by atoms with E-state index in [1.807, 2.05) is 6.92 Å². The van der Waals surface area contributed by atoms with Crippen molar-refractivity contribution in [1.82, 2.24) is 5.32 Å². The van der Waals surface area contributed by atoms with Gasteiger partial charge in [0.1, 0.15) is 0 Å². The van der Waals surface area contributed by atoms with Crippen molar-refractivity contribution in [1.29, 1.82) is 0 Å². The van der Waals surface area contributed by atoms with Crippen LogP contribution in [0.25, 0.3) is 0 Å². The average Bonchev–Trinajstić information content (AvgIpc) is 2.01. The molecule has 1 rings (SSSR count). The highest BCUT2D eigenvalue weighted by molar-refractivity contribution is 4.76. The van der Waals surface area contributed by atoms with Gasteiger partial charge in [0.05, 0.1) is 6.61 Å². The van der Waals surface area contributed by atoms with Gasteiger partial charge in [0, 0.05) is 18.7 Å². The molecule has 11 heavy (non-hydrogen) atoms. The highest BCUT2D eigenvalue weighted by Crippen LogP contribution is 2.12. The Morgan fingerprint density at radius 2 is 2.27 bits per heavy atom. The summed E-state index contributed by atoms with van der Waals surface area (Å²) in [4.78, 5) is 0. The molecule has 0 aromatic carbocycles. The Hall–Kier alpha value is -0.0800. The van der Waals surface area contributed by atoms with Crippen molar-refractivity contribution in [3.8, 4) is 0 Å². The van der Waals surface area contributed by atoms with Crippen molar-refractivity contribution in [3.05, 3.63) is 0 Å². The van der Waals surface area contributed by atoms with E-state index in [9.17, 15) is 0 Å². The fraction of sp³-hybridized carbons (Fsp3) is 1.00. The van der Waals surface area contributed by atoms with E-state index in [0.29, 0.717) is 12.1 Å². The number of ether oxygens (including phenoxy) is 1. The first-order chi connectivity index (χ1) is 5.33. The second kappa shape index (κ2) is 4.73. The van der Waals surface area contributed by atoms with Crippen LogP contribution in [0.3, 0.4) is 0 Å². The molecule has 0 spiro atoms. The third-order valence-corrected chi connectivity index (χ3v) is 2.23. The van der Waals surface area contributed by atoms with Crippen molar-refractivity contribution in [2.75, 3.05) is 13.2 Å². The second-order valence-electron chi connectivity index (χ2n) is 3.36. The maximum atomic E-state index is 5.36. The molecule has 1 aliphatic rings. The summed E-state index contributed by atoms with van der Waals surface area (Å²) in [5, 5.41) is 3.53. The molecule has 0 saturated carbocycles. The van der Waals surface area contributed by atoms with E-state index in [1.165, 1.54) is 19.3 Å². The molecule has 2 nitrogen and oxygen atoms in total. The van der Waals surface area contributed by atoms with Gasteiger partial charge in [-0.2, -0.15) is 0 Å². The van der Waals surface area contributed by atoms with Gasteiger partial charge in [-0.1, -0.05) is 6.42 Å². The van der Waals surface area contributed by atoms with Gasteiger partial charge in [-0.15, -0.1) is 0 Å². The summed E-state index contributed by atoms with van der Waals surface area (Å²) in [6.45, 7) is 6.03. The summed E-state index contributed by atoms with van der Waals surface area (Å²) < 4.78 is 5.36. The number of hydrogen-bond acceptors (Lipinski definition) is 2. The standard InChI is InChI=1S/C9H19NO/c1-3-11-7-9-6-4-5-8(2)10-9/h8-10H,3-7H2,1-2H3. The molecule has 1 heterocycles. The SMILES string of the molecule is CCOCC1CCCC(C)N1. The molecule has 66 valence electrons. The number of rotatable bonds is 3. The quantitative estimate of drug-likeness (QED) is 0.671. The molecule has 0 bridgehead atoms. The Morgan fingerprint density at radius 3 is 2.91 bits per heavy atom. The van der Waals surface area contributed by atoms with Gasteiger partial charge < -0.3 is 10.1 Å². The molecule has 0 aromatic rings. The summed E-state index contributed by atoms with van der Waals surface area (Å²) in [7, 11) is 0. The van der Waals surface area contributed by atoms with Gasteiger partial charge in [-0.05, 0) is 26.7 Å². The van der Waals surface area contributed by atoms with Gasteiger partial charge >= 0.3 is 0 Å². The summed E-state index contributed by atoms with van der Waals surface area (Å²) in [6, 6.07) is 1.30. The topological polar surface area (TPSA) is 21.3 Å². The van der Waals surface area contributed by atoms with E-state index in [1.54, 1.807) is 0 Å². The Kier molecular flexibility index (Phi) is 3.87. The van der Waals surface area contributed by atoms with Crippen LogP contribution in [-0.4, -0.2) is 25.3 Å². The van der Waals surface area contributed by atoms with Gasteiger partial charge in [0.25, 0.3) is 0 Å². The molecule has 0 aliphatic carbocycles.